The summed E-state index contributed by atoms with van der Waals surface area (Å²) in [4.78, 5) is 36.7. The topological polar surface area (TPSA) is 138 Å². The summed E-state index contributed by atoms with van der Waals surface area (Å²) in [7, 11) is 2.26. The van der Waals surface area contributed by atoms with Crippen molar-refractivity contribution in [3.63, 3.8) is 0 Å². The van der Waals surface area contributed by atoms with Gasteiger partial charge in [0.2, 0.25) is 0 Å². The van der Waals surface area contributed by atoms with E-state index in [2.05, 4.69) is 14.9 Å². The number of aromatic nitrogens is 2. The van der Waals surface area contributed by atoms with Crippen molar-refractivity contribution in [2.45, 2.75) is 0 Å². The Kier molecular flexibility index (Phi) is 4.66. The van der Waals surface area contributed by atoms with Crippen molar-refractivity contribution >= 4 is 34.3 Å². The highest BCUT2D eigenvalue weighted by Crippen LogP contribution is 2.38. The number of fused-ring (bicyclic) bond motifs is 1. The van der Waals surface area contributed by atoms with Gasteiger partial charge in [-0.2, -0.15) is 0 Å². The Morgan fingerprint density at radius 3 is 2.56 bits per heavy atom. The minimum atomic E-state index is -0.908. The van der Waals surface area contributed by atoms with E-state index in [1.165, 1.54) is 36.6 Å². The van der Waals surface area contributed by atoms with Crippen molar-refractivity contribution < 1.29 is 28.6 Å². The molecule has 138 valence electrons. The predicted octanol–water partition coefficient (Wildman–Crippen LogP) is 1.62. The predicted molar refractivity (Wildman–Crippen MR) is 90.3 cm³/mol. The molecule has 3 rings (SSSR count). The van der Waals surface area contributed by atoms with Crippen molar-refractivity contribution in [1.29, 1.82) is 0 Å². The van der Waals surface area contributed by atoms with Crippen LogP contribution in [0.4, 0.5) is 11.4 Å². The second-order valence-corrected chi connectivity index (χ2v) is 5.14. The summed E-state index contributed by atoms with van der Waals surface area (Å²) in [5, 5.41) is 18.9. The molecule has 0 saturated heterocycles. The molecule has 0 atom stereocenters. The molecule has 1 aromatic heterocycles. The highest BCUT2D eigenvalue weighted by molar-refractivity contribution is 6.08. The number of ether oxygens (including phenoxy) is 2. The number of carbonyl (C=O) groups is 2. The van der Waals surface area contributed by atoms with E-state index in [-0.39, 0.29) is 33.7 Å². The van der Waals surface area contributed by atoms with E-state index in [9.17, 15) is 19.7 Å². The van der Waals surface area contributed by atoms with Gasteiger partial charge in [-0.25, -0.2) is 14.2 Å². The van der Waals surface area contributed by atoms with Gasteiger partial charge >= 0.3 is 11.9 Å². The highest BCUT2D eigenvalue weighted by atomic mass is 16.6. The van der Waals surface area contributed by atoms with Crippen LogP contribution in [0.2, 0.25) is 0 Å². The molecular weight excluding hydrogens is 360 g/mol. The van der Waals surface area contributed by atoms with Crippen LogP contribution in [-0.4, -0.2) is 41.4 Å². The largest absolute Gasteiger partial charge is 0.465 e. The summed E-state index contributed by atoms with van der Waals surface area (Å²) >= 11 is 0. The first kappa shape index (κ1) is 17.8. The molecule has 0 bridgehead atoms. The Morgan fingerprint density at radius 2 is 1.89 bits per heavy atom. The van der Waals surface area contributed by atoms with Gasteiger partial charge in [0.1, 0.15) is 11.2 Å². The Morgan fingerprint density at radius 1 is 1.15 bits per heavy atom. The van der Waals surface area contributed by atoms with Crippen LogP contribution in [0.5, 0.6) is 0 Å². The molecule has 0 N–H and O–H groups in total. The van der Waals surface area contributed by atoms with Crippen molar-refractivity contribution in [1.82, 2.24) is 10.3 Å². The molecule has 11 heteroatoms. The van der Waals surface area contributed by atoms with Gasteiger partial charge in [-0.05, 0) is 28.5 Å². The molecule has 2 heterocycles. The molecule has 0 spiro atoms. The van der Waals surface area contributed by atoms with Crippen LogP contribution in [0.3, 0.4) is 0 Å². The normalized spacial score (nSPS) is 13.6. The van der Waals surface area contributed by atoms with Gasteiger partial charge in [0.15, 0.2) is 11.2 Å². The number of hydrogen-bond donors (Lipinski definition) is 0. The first-order chi connectivity index (χ1) is 13.0. The molecule has 0 radical (unpaired) electrons. The Hall–Kier alpha value is -4.02. The van der Waals surface area contributed by atoms with Gasteiger partial charge in [-0.3, -0.25) is 10.1 Å². The lowest BCUT2D eigenvalue weighted by Crippen LogP contribution is -2.27. The second-order valence-electron chi connectivity index (χ2n) is 5.14. The zero-order valence-corrected chi connectivity index (χ0v) is 14.1. The summed E-state index contributed by atoms with van der Waals surface area (Å²) < 4.78 is 14.2. The number of carbonyl (C=O) groups excluding carboxylic acids is 2. The van der Waals surface area contributed by atoms with Crippen LogP contribution in [-0.2, 0) is 19.1 Å². The van der Waals surface area contributed by atoms with Crippen LogP contribution >= 0.6 is 0 Å². The summed E-state index contributed by atoms with van der Waals surface area (Å²) in [5.74, 6) is -1.73. The van der Waals surface area contributed by atoms with Crippen LogP contribution in [0.1, 0.15) is 0 Å². The molecule has 1 aliphatic rings. The minimum absolute atomic E-state index is 0.0290. The molecule has 11 nitrogen and oxygen atoms in total. The van der Waals surface area contributed by atoms with Crippen LogP contribution in [0, 0.1) is 10.1 Å². The quantitative estimate of drug-likeness (QED) is 0.442. The van der Waals surface area contributed by atoms with Crippen molar-refractivity contribution in [2.24, 2.45) is 0 Å². The van der Waals surface area contributed by atoms with E-state index < -0.39 is 16.9 Å². The molecule has 0 unspecified atom stereocenters. The van der Waals surface area contributed by atoms with Gasteiger partial charge in [-0.1, -0.05) is 6.08 Å². The summed E-state index contributed by atoms with van der Waals surface area (Å²) in [6.07, 6.45) is 5.65. The van der Waals surface area contributed by atoms with Crippen LogP contribution in [0.15, 0.2) is 52.5 Å². The van der Waals surface area contributed by atoms with E-state index in [0.29, 0.717) is 0 Å². The number of nitrogens with zero attached hydrogens (tertiary/aromatic N) is 4. The molecule has 0 fully saturated rings. The lowest BCUT2D eigenvalue weighted by molar-refractivity contribution is -0.384. The van der Waals surface area contributed by atoms with Crippen molar-refractivity contribution in [3.05, 3.63) is 57.9 Å². The zero-order chi connectivity index (χ0) is 19.6. The van der Waals surface area contributed by atoms with E-state index in [4.69, 9.17) is 9.47 Å². The first-order valence-electron chi connectivity index (χ1n) is 7.44. The molecule has 0 amide bonds. The van der Waals surface area contributed by atoms with E-state index >= 15 is 0 Å². The van der Waals surface area contributed by atoms with E-state index in [0.717, 1.165) is 19.1 Å². The third kappa shape index (κ3) is 3.01. The number of anilines is 1. The maximum absolute atomic E-state index is 12.5. The van der Waals surface area contributed by atoms with Gasteiger partial charge in [-0.15, -0.1) is 0 Å². The smallest absolute Gasteiger partial charge is 0.355 e. The van der Waals surface area contributed by atoms with Crippen molar-refractivity contribution in [3.8, 4) is 0 Å². The molecule has 0 aliphatic carbocycles. The van der Waals surface area contributed by atoms with Crippen LogP contribution < -0.4 is 4.90 Å². The fourth-order valence-corrected chi connectivity index (χ4v) is 2.55. The number of methoxy groups -OCH3 is 2. The number of benzene rings is 1. The standard InChI is InChI=1S/C16H12N4O7/c1-25-15(21)9-5-3-4-8-19(13(9)16(22)26-2)14-11(20(23)24)7-6-10-12(14)18-27-17-10/h3-8H,1-2H3. The first-order valence-corrected chi connectivity index (χ1v) is 7.44. The third-order valence-electron chi connectivity index (χ3n) is 3.71. The molecule has 1 aromatic carbocycles. The number of hydrogen-bond acceptors (Lipinski definition) is 10. The highest BCUT2D eigenvalue weighted by Gasteiger charge is 2.33. The second kappa shape index (κ2) is 7.07. The Balaban J connectivity index is 2.38. The SMILES string of the molecule is COC(=O)C1=C(C(=O)OC)N(c2c([N+](=O)[O-])ccc3nonc23)C=CC=C1. The Bertz CT molecular complexity index is 1030. The van der Waals surface area contributed by atoms with Crippen LogP contribution in [0.25, 0.3) is 11.0 Å². The molecule has 1 aliphatic heterocycles. The number of allylic oxidation sites excluding steroid dienone is 2. The molecule has 2 aromatic rings. The number of esters is 2. The average molecular weight is 372 g/mol. The number of rotatable bonds is 4. The van der Waals surface area contributed by atoms with Gasteiger partial charge in [0, 0.05) is 12.3 Å². The fourth-order valence-electron chi connectivity index (χ4n) is 2.55. The lowest BCUT2D eigenvalue weighted by atomic mass is 10.1. The maximum Gasteiger partial charge on any atom is 0.355 e. The summed E-state index contributed by atoms with van der Waals surface area (Å²) in [6, 6.07) is 2.55. The molecular formula is C16H12N4O7. The van der Waals surface area contributed by atoms with E-state index in [1.54, 1.807) is 0 Å². The minimum Gasteiger partial charge on any atom is -0.465 e. The lowest BCUT2D eigenvalue weighted by Gasteiger charge is -2.22. The summed E-state index contributed by atoms with van der Waals surface area (Å²) in [5.41, 5.74) is -0.674. The monoisotopic (exact) mass is 372 g/mol. The average Bonchev–Trinajstić information content (AvgIpc) is 3.04. The third-order valence-corrected chi connectivity index (χ3v) is 3.71. The van der Waals surface area contributed by atoms with E-state index in [1.807, 2.05) is 0 Å². The fraction of sp³-hybridized carbons (Fsp3) is 0.125. The number of nitro benzene ring substituents is 1. The molecule has 0 saturated carbocycles. The maximum atomic E-state index is 12.5. The molecule has 27 heavy (non-hydrogen) atoms. The number of nitro groups is 1. The Labute approximate surface area is 151 Å². The zero-order valence-electron chi connectivity index (χ0n) is 14.1. The summed E-state index contributed by atoms with van der Waals surface area (Å²) in [6.45, 7) is 0. The van der Waals surface area contributed by atoms with Gasteiger partial charge < -0.3 is 14.4 Å². The van der Waals surface area contributed by atoms with Crippen molar-refractivity contribution in [2.75, 3.05) is 19.1 Å². The van der Waals surface area contributed by atoms with Gasteiger partial charge in [0.25, 0.3) is 5.69 Å². The van der Waals surface area contributed by atoms with Gasteiger partial charge in [0.05, 0.1) is 24.7 Å².